The lowest BCUT2D eigenvalue weighted by molar-refractivity contribution is -0.137. The summed E-state index contributed by atoms with van der Waals surface area (Å²) in [5, 5.41) is 18.2. The Labute approximate surface area is 250 Å². The lowest BCUT2D eigenvalue weighted by atomic mass is 9.93. The molecule has 3 aromatic rings. The van der Waals surface area contributed by atoms with Crippen molar-refractivity contribution in [2.24, 2.45) is 5.92 Å². The maximum Gasteiger partial charge on any atom is 0.304 e. The van der Waals surface area contributed by atoms with Crippen LogP contribution < -0.4 is 10.2 Å². The summed E-state index contributed by atoms with van der Waals surface area (Å²) in [4.78, 5) is 22.0. The summed E-state index contributed by atoms with van der Waals surface area (Å²) < 4.78 is 2.01. The smallest absolute Gasteiger partial charge is 0.304 e. The van der Waals surface area contributed by atoms with Crippen molar-refractivity contribution in [2.75, 3.05) is 49.5 Å². The summed E-state index contributed by atoms with van der Waals surface area (Å²) in [6, 6.07) is 13.2. The first-order valence-electron chi connectivity index (χ1n) is 16.0. The number of anilines is 2. The van der Waals surface area contributed by atoms with Gasteiger partial charge in [-0.15, -0.1) is 0 Å². The molecule has 6 rings (SSSR count). The van der Waals surface area contributed by atoms with Crippen molar-refractivity contribution in [1.29, 1.82) is 0 Å². The predicted octanol–water partition coefficient (Wildman–Crippen LogP) is 5.75. The number of benzene rings is 1. The van der Waals surface area contributed by atoms with Gasteiger partial charge in [-0.3, -0.25) is 4.79 Å². The van der Waals surface area contributed by atoms with Crippen LogP contribution in [0.2, 0.25) is 0 Å². The van der Waals surface area contributed by atoms with Crippen molar-refractivity contribution in [3.63, 3.8) is 0 Å². The van der Waals surface area contributed by atoms with Crippen molar-refractivity contribution in [2.45, 2.75) is 77.6 Å². The molecule has 3 aliphatic rings. The van der Waals surface area contributed by atoms with E-state index in [0.717, 1.165) is 93.4 Å². The Balaban J connectivity index is 1.17. The molecule has 1 aromatic carbocycles. The highest BCUT2D eigenvalue weighted by atomic mass is 16.4. The van der Waals surface area contributed by atoms with Crippen LogP contribution in [0.4, 0.5) is 11.5 Å². The van der Waals surface area contributed by atoms with Crippen LogP contribution in [0.15, 0.2) is 36.4 Å². The Kier molecular flexibility index (Phi) is 8.79. The van der Waals surface area contributed by atoms with Gasteiger partial charge < -0.3 is 20.2 Å². The maximum atomic E-state index is 12.1. The van der Waals surface area contributed by atoms with Crippen LogP contribution in [0.25, 0.3) is 5.69 Å². The monoisotopic (exact) mass is 570 g/mol. The topological polar surface area (TPSA) is 86.5 Å². The molecule has 42 heavy (non-hydrogen) atoms. The third-order valence-corrected chi connectivity index (χ3v) is 9.40. The van der Waals surface area contributed by atoms with Gasteiger partial charge in [0.2, 0.25) is 0 Å². The number of nitrogens with zero attached hydrogens (tertiary/aromatic N) is 5. The summed E-state index contributed by atoms with van der Waals surface area (Å²) in [7, 11) is 0. The number of hydrogen-bond donors (Lipinski definition) is 2. The Morgan fingerprint density at radius 1 is 1.05 bits per heavy atom. The van der Waals surface area contributed by atoms with E-state index in [0.29, 0.717) is 5.92 Å². The van der Waals surface area contributed by atoms with Gasteiger partial charge in [-0.2, -0.15) is 5.10 Å². The summed E-state index contributed by atoms with van der Waals surface area (Å²) in [5.41, 5.74) is 7.93. The fourth-order valence-electron chi connectivity index (χ4n) is 7.19. The minimum atomic E-state index is -0.737. The van der Waals surface area contributed by atoms with E-state index in [9.17, 15) is 9.90 Å². The van der Waals surface area contributed by atoms with Gasteiger partial charge >= 0.3 is 5.97 Å². The average Bonchev–Trinajstić information content (AvgIpc) is 3.60. The second-order valence-corrected chi connectivity index (χ2v) is 12.8. The number of fused-ring (bicyclic) bond motifs is 1. The highest BCUT2D eigenvalue weighted by Crippen LogP contribution is 2.33. The largest absolute Gasteiger partial charge is 0.481 e. The molecular formula is C34H46N6O2. The summed E-state index contributed by atoms with van der Waals surface area (Å²) in [6.07, 6.45) is 9.39. The number of likely N-dealkylation sites (tertiary alicyclic amines) is 1. The molecule has 0 saturated carbocycles. The molecule has 0 radical (unpaired) electrons. The number of piperidine rings is 1. The van der Waals surface area contributed by atoms with Gasteiger partial charge in [0.05, 0.1) is 17.8 Å². The predicted molar refractivity (Wildman–Crippen MR) is 168 cm³/mol. The highest BCUT2D eigenvalue weighted by molar-refractivity contribution is 5.68. The van der Waals surface area contributed by atoms with Crippen LogP contribution in [0.1, 0.15) is 79.1 Å². The van der Waals surface area contributed by atoms with Gasteiger partial charge in [-0.1, -0.05) is 6.07 Å². The number of carboxylic acids is 1. The molecule has 8 heteroatoms. The summed E-state index contributed by atoms with van der Waals surface area (Å²) in [6.45, 7) is 10.0. The van der Waals surface area contributed by atoms with Crippen LogP contribution in [0, 0.1) is 19.8 Å². The number of carbonyl (C=O) groups is 1. The first-order valence-corrected chi connectivity index (χ1v) is 16.0. The molecule has 2 N–H and O–H groups in total. The Bertz CT molecular complexity index is 1390. The molecule has 2 saturated heterocycles. The number of aromatic nitrogens is 3. The van der Waals surface area contributed by atoms with Gasteiger partial charge in [-0.05, 0) is 119 Å². The second kappa shape index (κ2) is 12.9. The van der Waals surface area contributed by atoms with E-state index in [1.807, 2.05) is 11.6 Å². The molecule has 3 aliphatic heterocycles. The Morgan fingerprint density at radius 3 is 2.67 bits per heavy atom. The van der Waals surface area contributed by atoms with Gasteiger partial charge in [0, 0.05) is 55.7 Å². The number of nitrogens with one attached hydrogen (secondary N) is 1. The number of pyridine rings is 1. The van der Waals surface area contributed by atoms with E-state index >= 15 is 0 Å². The van der Waals surface area contributed by atoms with Crippen LogP contribution >= 0.6 is 0 Å². The molecule has 0 spiro atoms. The molecule has 2 aromatic heterocycles. The number of aliphatic carboxylic acids is 1. The standard InChI is InChI=1S/C34H46N6O2/c1-24-17-25(2)40(37-24)32-19-28(18-31(21-32)39-14-4-3-5-15-39)29(20-33(41)42)23-38-16-12-26(22-38)8-10-30-11-9-27-7-6-13-35-34(27)36-30/h9,11,17-19,21,26,29H,3-8,10,12-16,20,22-23H2,1-2H3,(H,35,36)(H,41,42)/t26-,29?/m1/s1. The lowest BCUT2D eigenvalue weighted by Crippen LogP contribution is -2.30. The van der Waals surface area contributed by atoms with Crippen molar-refractivity contribution in [3.05, 3.63) is 64.6 Å². The average molecular weight is 571 g/mol. The summed E-state index contributed by atoms with van der Waals surface area (Å²) >= 11 is 0. The molecule has 5 heterocycles. The molecule has 224 valence electrons. The molecule has 0 bridgehead atoms. The van der Waals surface area contributed by atoms with Crippen LogP contribution in [0.5, 0.6) is 0 Å². The third kappa shape index (κ3) is 6.80. The van der Waals surface area contributed by atoms with Crippen molar-refractivity contribution >= 4 is 17.5 Å². The van der Waals surface area contributed by atoms with Crippen molar-refractivity contribution < 1.29 is 9.90 Å². The normalized spacial score (nSPS) is 19.9. The number of aryl methyl sites for hydroxylation is 4. The zero-order chi connectivity index (χ0) is 29.1. The Hall–Kier alpha value is -3.39. The minimum absolute atomic E-state index is 0.0740. The van der Waals surface area contributed by atoms with Gasteiger partial charge in [-0.25, -0.2) is 9.67 Å². The van der Waals surface area contributed by atoms with Crippen LogP contribution in [-0.2, 0) is 17.6 Å². The summed E-state index contributed by atoms with van der Waals surface area (Å²) in [5.74, 6) is 0.884. The first-order chi connectivity index (χ1) is 20.4. The fraction of sp³-hybridized carbons (Fsp3) is 0.559. The molecule has 1 unspecified atom stereocenters. The van der Waals surface area contributed by atoms with E-state index in [4.69, 9.17) is 10.1 Å². The quantitative estimate of drug-likeness (QED) is 0.321. The number of hydrogen-bond acceptors (Lipinski definition) is 6. The van der Waals surface area contributed by atoms with Gasteiger partial charge in [0.1, 0.15) is 5.82 Å². The second-order valence-electron chi connectivity index (χ2n) is 12.8. The zero-order valence-electron chi connectivity index (χ0n) is 25.3. The van der Waals surface area contributed by atoms with E-state index < -0.39 is 5.97 Å². The molecule has 0 amide bonds. The number of rotatable bonds is 10. The van der Waals surface area contributed by atoms with Crippen molar-refractivity contribution in [1.82, 2.24) is 19.7 Å². The van der Waals surface area contributed by atoms with Gasteiger partial charge in [0.25, 0.3) is 0 Å². The SMILES string of the molecule is Cc1cc(C)n(-c2cc(C(CC(=O)O)CN3CC[C@@H](CCc4ccc5c(n4)NCCC5)C3)cc(N3CCCCC3)c2)n1. The molecule has 0 aliphatic carbocycles. The van der Waals surface area contributed by atoms with Gasteiger partial charge in [0.15, 0.2) is 0 Å². The molecular weight excluding hydrogens is 524 g/mol. The van der Waals surface area contributed by atoms with E-state index in [1.165, 1.54) is 42.6 Å². The molecule has 8 nitrogen and oxygen atoms in total. The fourth-order valence-corrected chi connectivity index (χ4v) is 7.19. The van der Waals surface area contributed by atoms with Crippen molar-refractivity contribution in [3.8, 4) is 5.69 Å². The lowest BCUT2D eigenvalue weighted by Gasteiger charge is -2.31. The van der Waals surface area contributed by atoms with E-state index in [1.54, 1.807) is 0 Å². The maximum absolute atomic E-state index is 12.1. The highest BCUT2D eigenvalue weighted by Gasteiger charge is 2.28. The molecule has 2 atom stereocenters. The minimum Gasteiger partial charge on any atom is -0.481 e. The molecule has 2 fully saturated rings. The van der Waals surface area contributed by atoms with Crippen LogP contribution in [0.3, 0.4) is 0 Å². The third-order valence-electron chi connectivity index (χ3n) is 9.40. The van der Waals surface area contributed by atoms with E-state index in [2.05, 4.69) is 58.4 Å². The number of carboxylic acid groups (broad SMARTS) is 1. The first kappa shape index (κ1) is 28.7. The Morgan fingerprint density at radius 2 is 1.88 bits per heavy atom. The van der Waals surface area contributed by atoms with Crippen LogP contribution in [-0.4, -0.2) is 70.0 Å². The zero-order valence-corrected chi connectivity index (χ0v) is 25.3. The van der Waals surface area contributed by atoms with E-state index in [-0.39, 0.29) is 12.3 Å².